The molecule has 0 aliphatic heterocycles. The number of aliphatic hydroxyl groups excluding tert-OH is 4. The van der Waals surface area contributed by atoms with Crippen molar-refractivity contribution < 1.29 is 20.4 Å². The van der Waals surface area contributed by atoms with Crippen LogP contribution in [0.25, 0.3) is 0 Å². The molecule has 5 atom stereocenters. The van der Waals surface area contributed by atoms with E-state index < -0.39 is 24.4 Å². The summed E-state index contributed by atoms with van der Waals surface area (Å²) in [5.41, 5.74) is 0. The zero-order valence-corrected chi connectivity index (χ0v) is 10.2. The molecule has 4 heteroatoms. The minimum Gasteiger partial charge on any atom is -0.390 e. The third-order valence-corrected chi connectivity index (χ3v) is 4.48. The van der Waals surface area contributed by atoms with Crippen LogP contribution in [-0.4, -0.2) is 44.8 Å². The van der Waals surface area contributed by atoms with Gasteiger partial charge in [0.15, 0.2) is 0 Å². The van der Waals surface area contributed by atoms with E-state index in [0.29, 0.717) is 12.3 Å². The molecule has 0 amide bonds. The van der Waals surface area contributed by atoms with Crippen LogP contribution in [0, 0.1) is 11.8 Å². The lowest BCUT2D eigenvalue weighted by Gasteiger charge is -2.40. The van der Waals surface area contributed by atoms with Gasteiger partial charge in [-0.1, -0.05) is 32.1 Å². The topological polar surface area (TPSA) is 80.9 Å². The van der Waals surface area contributed by atoms with Crippen LogP contribution in [0.5, 0.6) is 0 Å². The van der Waals surface area contributed by atoms with Crippen LogP contribution in [0.4, 0.5) is 0 Å². The van der Waals surface area contributed by atoms with Gasteiger partial charge in [0.05, 0.1) is 12.2 Å². The summed E-state index contributed by atoms with van der Waals surface area (Å²) in [5, 5.41) is 38.7. The predicted octanol–water partition coefficient (Wildman–Crippen LogP) is 0.420. The largest absolute Gasteiger partial charge is 0.390 e. The summed E-state index contributed by atoms with van der Waals surface area (Å²) in [4.78, 5) is 0. The van der Waals surface area contributed by atoms with E-state index in [9.17, 15) is 20.4 Å². The first-order valence-electron chi connectivity index (χ1n) is 6.82. The smallest absolute Gasteiger partial charge is 0.108 e. The van der Waals surface area contributed by atoms with E-state index in [4.69, 9.17) is 0 Å². The highest BCUT2D eigenvalue weighted by molar-refractivity contribution is 4.93. The molecule has 17 heavy (non-hydrogen) atoms. The molecule has 0 aromatic rings. The van der Waals surface area contributed by atoms with Crippen molar-refractivity contribution in [1.82, 2.24) is 0 Å². The molecule has 2 rings (SSSR count). The van der Waals surface area contributed by atoms with Crippen LogP contribution in [0.15, 0.2) is 0 Å². The van der Waals surface area contributed by atoms with Crippen molar-refractivity contribution >= 4 is 0 Å². The van der Waals surface area contributed by atoms with Crippen LogP contribution in [0.2, 0.25) is 0 Å². The van der Waals surface area contributed by atoms with Crippen LogP contribution >= 0.6 is 0 Å². The van der Waals surface area contributed by atoms with E-state index in [-0.39, 0.29) is 5.92 Å². The Labute approximate surface area is 102 Å². The summed E-state index contributed by atoms with van der Waals surface area (Å²) in [7, 11) is 0. The normalized spacial score (nSPS) is 44.8. The van der Waals surface area contributed by atoms with Crippen LogP contribution in [0.1, 0.15) is 44.9 Å². The molecule has 4 N–H and O–H groups in total. The van der Waals surface area contributed by atoms with Gasteiger partial charge in [-0.25, -0.2) is 0 Å². The maximum Gasteiger partial charge on any atom is 0.108 e. The molecule has 0 saturated heterocycles. The van der Waals surface area contributed by atoms with E-state index in [1.54, 1.807) is 0 Å². The van der Waals surface area contributed by atoms with Crippen molar-refractivity contribution in [3.8, 4) is 0 Å². The molecular formula is C13H24O4. The van der Waals surface area contributed by atoms with Gasteiger partial charge in [0, 0.05) is 0 Å². The molecule has 0 bridgehead atoms. The molecule has 0 heterocycles. The van der Waals surface area contributed by atoms with Crippen molar-refractivity contribution in [3.63, 3.8) is 0 Å². The molecule has 0 spiro atoms. The summed E-state index contributed by atoms with van der Waals surface area (Å²) in [5.74, 6) is 0.532. The Hall–Kier alpha value is -0.160. The minimum atomic E-state index is -1.20. The second-order valence-corrected chi connectivity index (χ2v) is 5.77. The van der Waals surface area contributed by atoms with Gasteiger partial charge in [-0.15, -0.1) is 0 Å². The minimum absolute atomic E-state index is 0.0773. The van der Waals surface area contributed by atoms with Gasteiger partial charge in [0.25, 0.3) is 0 Å². The maximum atomic E-state index is 9.94. The molecule has 2 aliphatic rings. The van der Waals surface area contributed by atoms with Crippen LogP contribution in [0.3, 0.4) is 0 Å². The van der Waals surface area contributed by atoms with Crippen molar-refractivity contribution in [2.24, 2.45) is 11.8 Å². The Morgan fingerprint density at radius 3 is 2.06 bits per heavy atom. The Kier molecular flexibility index (Phi) is 4.42. The standard InChI is InChI=1S/C13H24O4/c14-10-7-9(11(15)13(17)12(10)16)6-8-4-2-1-3-5-8/h8-17H,1-7H2/t9-,10-,11+,12+,13-/m0/s1. The first-order chi connectivity index (χ1) is 8.09. The number of hydrogen-bond acceptors (Lipinski definition) is 4. The number of hydrogen-bond donors (Lipinski definition) is 4. The monoisotopic (exact) mass is 244 g/mol. The fraction of sp³-hybridized carbons (Fsp3) is 1.00. The summed E-state index contributed by atoms with van der Waals surface area (Å²) >= 11 is 0. The van der Waals surface area contributed by atoms with Crippen molar-refractivity contribution in [1.29, 1.82) is 0 Å². The van der Waals surface area contributed by atoms with Crippen molar-refractivity contribution in [2.45, 2.75) is 69.4 Å². The lowest BCUT2D eigenvalue weighted by atomic mass is 9.74. The zero-order chi connectivity index (χ0) is 12.4. The molecule has 0 aromatic carbocycles. The molecule has 100 valence electrons. The highest BCUT2D eigenvalue weighted by Gasteiger charge is 2.42. The van der Waals surface area contributed by atoms with Crippen LogP contribution in [-0.2, 0) is 0 Å². The molecule has 2 saturated carbocycles. The average molecular weight is 244 g/mol. The Morgan fingerprint density at radius 1 is 0.765 bits per heavy atom. The van der Waals surface area contributed by atoms with Gasteiger partial charge in [0.1, 0.15) is 12.2 Å². The number of aliphatic hydroxyl groups is 4. The molecule has 0 unspecified atom stereocenters. The summed E-state index contributed by atoms with van der Waals surface area (Å²) in [6.45, 7) is 0. The molecule has 0 radical (unpaired) electrons. The van der Waals surface area contributed by atoms with Crippen molar-refractivity contribution in [2.75, 3.05) is 0 Å². The molecular weight excluding hydrogens is 220 g/mol. The lowest BCUT2D eigenvalue weighted by molar-refractivity contribution is -0.160. The third-order valence-electron chi connectivity index (χ3n) is 4.48. The predicted molar refractivity (Wildman–Crippen MR) is 63.3 cm³/mol. The van der Waals surface area contributed by atoms with Gasteiger partial charge >= 0.3 is 0 Å². The molecule has 0 aromatic heterocycles. The summed E-state index contributed by atoms with van der Waals surface area (Å²) < 4.78 is 0. The second kappa shape index (κ2) is 5.65. The Balaban J connectivity index is 1.90. The first-order valence-corrected chi connectivity index (χ1v) is 6.82. The van der Waals surface area contributed by atoms with E-state index in [1.165, 1.54) is 32.1 Å². The van der Waals surface area contributed by atoms with Crippen molar-refractivity contribution in [3.05, 3.63) is 0 Å². The molecule has 2 aliphatic carbocycles. The summed E-state index contributed by atoms with van der Waals surface area (Å²) in [6.07, 6.45) is 3.25. The van der Waals surface area contributed by atoms with Gasteiger partial charge < -0.3 is 20.4 Å². The highest BCUT2D eigenvalue weighted by Crippen LogP contribution is 2.35. The van der Waals surface area contributed by atoms with E-state index in [2.05, 4.69) is 0 Å². The average Bonchev–Trinajstić information content (AvgIpc) is 2.35. The Morgan fingerprint density at radius 2 is 1.41 bits per heavy atom. The third kappa shape index (κ3) is 2.99. The number of rotatable bonds is 2. The zero-order valence-electron chi connectivity index (χ0n) is 10.2. The maximum absolute atomic E-state index is 9.94. The van der Waals surface area contributed by atoms with E-state index in [0.717, 1.165) is 6.42 Å². The Bertz CT molecular complexity index is 240. The summed E-state index contributed by atoms with van der Waals surface area (Å²) in [6, 6.07) is 0. The molecule has 2 fully saturated rings. The fourth-order valence-electron chi connectivity index (χ4n) is 3.38. The molecule has 4 nitrogen and oxygen atoms in total. The SMILES string of the molecule is O[C@H]1[C@H](O)[C@@H](CC2CCCCC2)C[C@H](O)[C@H]1O. The van der Waals surface area contributed by atoms with Gasteiger partial charge in [-0.05, 0) is 24.7 Å². The van der Waals surface area contributed by atoms with Gasteiger partial charge in [-0.3, -0.25) is 0 Å². The first kappa shape index (κ1) is 13.3. The highest BCUT2D eigenvalue weighted by atomic mass is 16.4. The lowest BCUT2D eigenvalue weighted by Crippen LogP contribution is -2.53. The quantitative estimate of drug-likeness (QED) is 0.567. The fourth-order valence-corrected chi connectivity index (χ4v) is 3.38. The van der Waals surface area contributed by atoms with E-state index in [1.807, 2.05) is 0 Å². The second-order valence-electron chi connectivity index (χ2n) is 5.77. The van der Waals surface area contributed by atoms with Gasteiger partial charge in [-0.2, -0.15) is 0 Å². The van der Waals surface area contributed by atoms with E-state index >= 15 is 0 Å². The van der Waals surface area contributed by atoms with Gasteiger partial charge in [0.2, 0.25) is 0 Å². The van der Waals surface area contributed by atoms with Crippen LogP contribution < -0.4 is 0 Å².